The van der Waals surface area contributed by atoms with Crippen LogP contribution < -0.4 is 4.74 Å². The number of furan rings is 1. The maximum absolute atomic E-state index is 13.5. The van der Waals surface area contributed by atoms with Crippen LogP contribution in [0.5, 0.6) is 5.75 Å². The Bertz CT molecular complexity index is 762. The molecule has 0 spiro atoms. The first kappa shape index (κ1) is 17.3. The zero-order valence-corrected chi connectivity index (χ0v) is 13.1. The number of hydrogen-bond donors (Lipinski definition) is 0. The monoisotopic (exact) mass is 334 g/mol. The van der Waals surface area contributed by atoms with Crippen molar-refractivity contribution in [3.05, 3.63) is 59.3 Å². The van der Waals surface area contributed by atoms with E-state index in [9.17, 15) is 14.0 Å². The van der Waals surface area contributed by atoms with Gasteiger partial charge in [0.15, 0.2) is 11.6 Å². The number of halogens is 1. The predicted molar refractivity (Wildman–Crippen MR) is 81.8 cm³/mol. The molecule has 0 N–H and O–H groups in total. The summed E-state index contributed by atoms with van der Waals surface area (Å²) in [6.07, 6.45) is 2.57. The van der Waals surface area contributed by atoms with Crippen LogP contribution in [-0.2, 0) is 20.9 Å². The Morgan fingerprint density at radius 1 is 1.21 bits per heavy atom. The molecule has 1 aromatic heterocycles. The minimum atomic E-state index is -0.637. The van der Waals surface area contributed by atoms with Crippen LogP contribution in [0.25, 0.3) is 6.08 Å². The summed E-state index contributed by atoms with van der Waals surface area (Å²) in [6, 6.07) is 7.21. The summed E-state index contributed by atoms with van der Waals surface area (Å²) >= 11 is 0. The van der Waals surface area contributed by atoms with Crippen molar-refractivity contribution in [3.63, 3.8) is 0 Å². The molecule has 0 unspecified atom stereocenters. The van der Waals surface area contributed by atoms with Gasteiger partial charge in [-0.05, 0) is 35.9 Å². The van der Waals surface area contributed by atoms with E-state index in [1.54, 1.807) is 6.07 Å². The summed E-state index contributed by atoms with van der Waals surface area (Å²) in [4.78, 5) is 22.9. The molecule has 6 nitrogen and oxygen atoms in total. The molecule has 0 aliphatic carbocycles. The minimum Gasteiger partial charge on any atom is -0.494 e. The number of benzene rings is 1. The van der Waals surface area contributed by atoms with Gasteiger partial charge in [-0.2, -0.15) is 0 Å². The van der Waals surface area contributed by atoms with Gasteiger partial charge in [0, 0.05) is 6.08 Å². The van der Waals surface area contributed by atoms with Gasteiger partial charge in [-0.3, -0.25) is 0 Å². The smallest absolute Gasteiger partial charge is 0.373 e. The standard InChI is InChI=1S/C17H15FO6/c1-21-14-6-3-11(9-13(14)18)4-8-16(19)23-10-12-5-7-15(24-12)17(20)22-2/h3-9H,10H2,1-2H3/b8-4+. The highest BCUT2D eigenvalue weighted by Gasteiger charge is 2.11. The van der Waals surface area contributed by atoms with E-state index in [4.69, 9.17) is 13.9 Å². The Morgan fingerprint density at radius 3 is 2.67 bits per heavy atom. The van der Waals surface area contributed by atoms with Crippen molar-refractivity contribution in [2.24, 2.45) is 0 Å². The average molecular weight is 334 g/mol. The normalized spacial score (nSPS) is 10.6. The number of carbonyl (C=O) groups excluding carboxylic acids is 2. The topological polar surface area (TPSA) is 75.0 Å². The lowest BCUT2D eigenvalue weighted by atomic mass is 10.2. The number of methoxy groups -OCH3 is 2. The lowest BCUT2D eigenvalue weighted by Gasteiger charge is -2.02. The van der Waals surface area contributed by atoms with Crippen LogP contribution in [0.1, 0.15) is 21.9 Å². The van der Waals surface area contributed by atoms with Crippen molar-refractivity contribution in [1.82, 2.24) is 0 Å². The number of esters is 2. The Kier molecular flexibility index (Phi) is 5.73. The van der Waals surface area contributed by atoms with Gasteiger partial charge in [-0.15, -0.1) is 0 Å². The van der Waals surface area contributed by atoms with Crippen molar-refractivity contribution >= 4 is 18.0 Å². The van der Waals surface area contributed by atoms with E-state index in [2.05, 4.69) is 4.74 Å². The summed E-state index contributed by atoms with van der Waals surface area (Å²) in [5.74, 6) is -1.34. The maximum Gasteiger partial charge on any atom is 0.373 e. The van der Waals surface area contributed by atoms with Gasteiger partial charge in [-0.25, -0.2) is 14.0 Å². The molecule has 126 valence electrons. The first-order valence-electron chi connectivity index (χ1n) is 6.89. The van der Waals surface area contributed by atoms with Crippen LogP contribution in [0.4, 0.5) is 4.39 Å². The first-order valence-corrected chi connectivity index (χ1v) is 6.89. The second kappa shape index (κ2) is 7.96. The number of hydrogen-bond acceptors (Lipinski definition) is 6. The van der Waals surface area contributed by atoms with Crippen molar-refractivity contribution in [1.29, 1.82) is 0 Å². The Labute approximate surface area is 137 Å². The van der Waals surface area contributed by atoms with Crippen LogP contribution in [0, 0.1) is 5.82 Å². The molecule has 0 atom stereocenters. The van der Waals surface area contributed by atoms with Crippen molar-refractivity contribution in [2.45, 2.75) is 6.61 Å². The molecular formula is C17H15FO6. The predicted octanol–water partition coefficient (Wildman–Crippen LogP) is 2.97. The van der Waals surface area contributed by atoms with E-state index in [1.165, 1.54) is 44.6 Å². The van der Waals surface area contributed by atoms with Gasteiger partial charge in [0.05, 0.1) is 14.2 Å². The van der Waals surface area contributed by atoms with Crippen molar-refractivity contribution in [3.8, 4) is 5.75 Å². The molecule has 0 saturated carbocycles. The summed E-state index contributed by atoms with van der Waals surface area (Å²) in [7, 11) is 2.60. The van der Waals surface area contributed by atoms with Gasteiger partial charge < -0.3 is 18.6 Å². The molecule has 0 fully saturated rings. The fourth-order valence-electron chi connectivity index (χ4n) is 1.81. The number of carbonyl (C=O) groups is 2. The van der Waals surface area contributed by atoms with Crippen LogP contribution in [0.15, 0.2) is 40.8 Å². The Morgan fingerprint density at radius 2 is 2.00 bits per heavy atom. The molecule has 2 rings (SSSR count). The first-order chi connectivity index (χ1) is 11.5. The van der Waals surface area contributed by atoms with Crippen LogP contribution in [0.3, 0.4) is 0 Å². The van der Waals surface area contributed by atoms with E-state index in [-0.39, 0.29) is 18.1 Å². The molecular weight excluding hydrogens is 319 g/mol. The maximum atomic E-state index is 13.5. The molecule has 1 heterocycles. The van der Waals surface area contributed by atoms with E-state index in [0.717, 1.165) is 6.08 Å². The highest BCUT2D eigenvalue weighted by atomic mass is 19.1. The van der Waals surface area contributed by atoms with Crippen molar-refractivity contribution in [2.75, 3.05) is 14.2 Å². The second-order valence-corrected chi connectivity index (χ2v) is 4.59. The van der Waals surface area contributed by atoms with Crippen molar-refractivity contribution < 1.29 is 32.6 Å². The largest absolute Gasteiger partial charge is 0.494 e. The second-order valence-electron chi connectivity index (χ2n) is 4.59. The summed E-state index contributed by atoms with van der Waals surface area (Å²) in [5, 5.41) is 0. The Balaban J connectivity index is 1.90. The van der Waals surface area contributed by atoms with Gasteiger partial charge >= 0.3 is 11.9 Å². The molecule has 24 heavy (non-hydrogen) atoms. The summed E-state index contributed by atoms with van der Waals surface area (Å²) in [5.41, 5.74) is 0.483. The fourth-order valence-corrected chi connectivity index (χ4v) is 1.81. The van der Waals surface area contributed by atoms with E-state index in [0.29, 0.717) is 11.3 Å². The summed E-state index contributed by atoms with van der Waals surface area (Å²) < 4.78 is 32.9. The fraction of sp³-hybridized carbons (Fsp3) is 0.176. The molecule has 0 bridgehead atoms. The third-order valence-corrected chi connectivity index (χ3v) is 2.99. The lowest BCUT2D eigenvalue weighted by Crippen LogP contribution is -2.01. The van der Waals surface area contributed by atoms with E-state index < -0.39 is 17.8 Å². The van der Waals surface area contributed by atoms with Crippen LogP contribution >= 0.6 is 0 Å². The van der Waals surface area contributed by atoms with Gasteiger partial charge in [-0.1, -0.05) is 6.07 Å². The van der Waals surface area contributed by atoms with Crippen LogP contribution in [0.2, 0.25) is 0 Å². The van der Waals surface area contributed by atoms with Gasteiger partial charge in [0.25, 0.3) is 0 Å². The third-order valence-electron chi connectivity index (χ3n) is 2.99. The molecule has 2 aromatic rings. The molecule has 0 saturated heterocycles. The number of rotatable bonds is 6. The van der Waals surface area contributed by atoms with Gasteiger partial charge in [0.2, 0.25) is 5.76 Å². The highest BCUT2D eigenvalue weighted by Crippen LogP contribution is 2.18. The quantitative estimate of drug-likeness (QED) is 0.597. The molecule has 0 aliphatic heterocycles. The molecule has 0 radical (unpaired) electrons. The summed E-state index contributed by atoms with van der Waals surface area (Å²) in [6.45, 7) is -0.142. The van der Waals surface area contributed by atoms with E-state index >= 15 is 0 Å². The van der Waals surface area contributed by atoms with E-state index in [1.807, 2.05) is 0 Å². The molecule has 1 aromatic carbocycles. The average Bonchev–Trinajstić information content (AvgIpc) is 3.06. The van der Waals surface area contributed by atoms with Gasteiger partial charge in [0.1, 0.15) is 12.4 Å². The minimum absolute atomic E-state index is 0.0211. The zero-order chi connectivity index (χ0) is 17.5. The molecule has 0 aliphatic rings. The number of ether oxygens (including phenoxy) is 3. The zero-order valence-electron chi connectivity index (χ0n) is 13.1. The SMILES string of the molecule is COC(=O)c1ccc(COC(=O)/C=C/c2ccc(OC)c(F)c2)o1. The van der Waals surface area contributed by atoms with Crippen LogP contribution in [-0.4, -0.2) is 26.2 Å². The Hall–Kier alpha value is -3.09. The molecule has 0 amide bonds. The lowest BCUT2D eigenvalue weighted by molar-refractivity contribution is -0.139. The highest BCUT2D eigenvalue weighted by molar-refractivity contribution is 5.87. The molecule has 7 heteroatoms. The third kappa shape index (κ3) is 4.45.